The number of aromatic nitrogens is 2. The van der Waals surface area contributed by atoms with Crippen LogP contribution in [0.25, 0.3) is 0 Å². The van der Waals surface area contributed by atoms with Gasteiger partial charge in [0.05, 0.1) is 13.1 Å². The maximum atomic E-state index is 12.0. The molecule has 2 rings (SSSR count). The van der Waals surface area contributed by atoms with Gasteiger partial charge < -0.3 is 10.2 Å². The summed E-state index contributed by atoms with van der Waals surface area (Å²) in [6, 6.07) is 1.91. The highest BCUT2D eigenvalue weighted by Crippen LogP contribution is 2.09. The Bertz CT molecular complexity index is 342. The molecular formula is C13H22N4O. The second-order valence-electron chi connectivity index (χ2n) is 4.74. The van der Waals surface area contributed by atoms with E-state index in [9.17, 15) is 4.79 Å². The largest absolute Gasteiger partial charge is 0.342 e. The molecule has 0 aliphatic carbocycles. The summed E-state index contributed by atoms with van der Waals surface area (Å²) in [7, 11) is 0. The van der Waals surface area contributed by atoms with Crippen molar-refractivity contribution in [1.82, 2.24) is 20.0 Å². The van der Waals surface area contributed by atoms with E-state index in [1.807, 2.05) is 21.8 Å². The molecule has 0 atom stereocenters. The number of nitrogens with zero attached hydrogens (tertiary/aromatic N) is 3. The van der Waals surface area contributed by atoms with E-state index in [4.69, 9.17) is 0 Å². The topological polar surface area (TPSA) is 50.2 Å². The molecule has 100 valence electrons. The van der Waals surface area contributed by atoms with Crippen molar-refractivity contribution in [3.8, 4) is 0 Å². The number of carbonyl (C=O) groups excluding carboxylic acids is 1. The highest BCUT2D eigenvalue weighted by Gasteiger charge is 2.14. The molecule has 5 heteroatoms. The zero-order chi connectivity index (χ0) is 12.6. The zero-order valence-electron chi connectivity index (χ0n) is 10.8. The molecule has 1 N–H and O–H groups in total. The third-order valence-corrected chi connectivity index (χ3v) is 3.31. The van der Waals surface area contributed by atoms with E-state index < -0.39 is 0 Å². The monoisotopic (exact) mass is 250 g/mol. The van der Waals surface area contributed by atoms with Crippen LogP contribution in [0.2, 0.25) is 0 Å². The minimum atomic E-state index is 0.234. The third kappa shape index (κ3) is 4.14. The first-order valence-electron chi connectivity index (χ1n) is 6.82. The Balaban J connectivity index is 1.61. The van der Waals surface area contributed by atoms with Crippen LogP contribution in [0.15, 0.2) is 18.5 Å². The third-order valence-electron chi connectivity index (χ3n) is 3.31. The van der Waals surface area contributed by atoms with Crippen LogP contribution in [0.1, 0.15) is 25.7 Å². The Morgan fingerprint density at radius 2 is 2.00 bits per heavy atom. The van der Waals surface area contributed by atoms with Gasteiger partial charge in [-0.2, -0.15) is 5.10 Å². The predicted octanol–water partition coefficient (Wildman–Crippen LogP) is 0.875. The Labute approximate surface area is 108 Å². The van der Waals surface area contributed by atoms with E-state index in [1.165, 1.54) is 12.8 Å². The van der Waals surface area contributed by atoms with Gasteiger partial charge in [-0.05, 0) is 18.9 Å². The smallest absolute Gasteiger partial charge is 0.236 e. The van der Waals surface area contributed by atoms with Crippen molar-refractivity contribution in [2.75, 3.05) is 26.2 Å². The molecule has 0 spiro atoms. The standard InChI is InChI=1S/C13H22N4O/c18-13(16-8-3-1-2-4-9-16)12-14-7-11-17-10-5-6-15-17/h5-6,10,14H,1-4,7-9,11-12H2. The fourth-order valence-corrected chi connectivity index (χ4v) is 2.25. The lowest BCUT2D eigenvalue weighted by atomic mass is 10.2. The predicted molar refractivity (Wildman–Crippen MR) is 70.1 cm³/mol. The number of rotatable bonds is 5. The number of carbonyl (C=O) groups is 1. The summed E-state index contributed by atoms with van der Waals surface area (Å²) in [6.45, 7) is 3.89. The van der Waals surface area contributed by atoms with Crippen molar-refractivity contribution >= 4 is 5.91 Å². The fourth-order valence-electron chi connectivity index (χ4n) is 2.25. The van der Waals surface area contributed by atoms with E-state index in [2.05, 4.69) is 10.4 Å². The maximum absolute atomic E-state index is 12.0. The SMILES string of the molecule is O=C(CNCCn1cccn1)N1CCCCCC1. The average molecular weight is 250 g/mol. The van der Waals surface area contributed by atoms with Gasteiger partial charge in [-0.25, -0.2) is 0 Å². The normalized spacial score (nSPS) is 16.6. The van der Waals surface area contributed by atoms with Crippen molar-refractivity contribution in [3.05, 3.63) is 18.5 Å². The van der Waals surface area contributed by atoms with E-state index in [1.54, 1.807) is 6.20 Å². The van der Waals surface area contributed by atoms with Crippen molar-refractivity contribution in [2.45, 2.75) is 32.2 Å². The highest BCUT2D eigenvalue weighted by molar-refractivity contribution is 5.78. The van der Waals surface area contributed by atoms with Crippen molar-refractivity contribution < 1.29 is 4.79 Å². The lowest BCUT2D eigenvalue weighted by Crippen LogP contribution is -2.39. The first-order chi connectivity index (χ1) is 8.86. The van der Waals surface area contributed by atoms with Crippen LogP contribution >= 0.6 is 0 Å². The second kappa shape index (κ2) is 7.16. The van der Waals surface area contributed by atoms with Crippen molar-refractivity contribution in [2.24, 2.45) is 0 Å². The van der Waals surface area contributed by atoms with Gasteiger partial charge >= 0.3 is 0 Å². The second-order valence-corrected chi connectivity index (χ2v) is 4.74. The van der Waals surface area contributed by atoms with Crippen LogP contribution in [0, 0.1) is 0 Å². The lowest BCUT2D eigenvalue weighted by Gasteiger charge is -2.20. The van der Waals surface area contributed by atoms with Crippen LogP contribution in [-0.2, 0) is 11.3 Å². The minimum absolute atomic E-state index is 0.234. The van der Waals surface area contributed by atoms with Gasteiger partial charge in [0.2, 0.25) is 5.91 Å². The fraction of sp³-hybridized carbons (Fsp3) is 0.692. The number of hydrogen-bond donors (Lipinski definition) is 1. The van der Waals surface area contributed by atoms with Gasteiger partial charge in [-0.15, -0.1) is 0 Å². The first-order valence-corrected chi connectivity index (χ1v) is 6.82. The van der Waals surface area contributed by atoms with E-state index in [-0.39, 0.29) is 5.91 Å². The van der Waals surface area contributed by atoms with Crippen LogP contribution in [0.3, 0.4) is 0 Å². The molecule has 18 heavy (non-hydrogen) atoms. The number of likely N-dealkylation sites (tertiary alicyclic amines) is 1. The van der Waals surface area contributed by atoms with E-state index in [0.717, 1.165) is 39.0 Å². The van der Waals surface area contributed by atoms with Gasteiger partial charge in [0.1, 0.15) is 0 Å². The summed E-state index contributed by atoms with van der Waals surface area (Å²) in [5.41, 5.74) is 0. The molecule has 1 aliphatic heterocycles. The summed E-state index contributed by atoms with van der Waals surface area (Å²) < 4.78 is 1.86. The molecule has 1 aromatic rings. The van der Waals surface area contributed by atoms with Gasteiger partial charge in [0.25, 0.3) is 0 Å². The zero-order valence-corrected chi connectivity index (χ0v) is 10.8. The highest BCUT2D eigenvalue weighted by atomic mass is 16.2. The minimum Gasteiger partial charge on any atom is -0.342 e. The van der Waals surface area contributed by atoms with Gasteiger partial charge in [-0.1, -0.05) is 12.8 Å². The molecule has 0 radical (unpaired) electrons. The maximum Gasteiger partial charge on any atom is 0.236 e. The van der Waals surface area contributed by atoms with Crippen LogP contribution in [-0.4, -0.2) is 46.8 Å². The quantitative estimate of drug-likeness (QED) is 0.789. The molecule has 0 unspecified atom stereocenters. The van der Waals surface area contributed by atoms with E-state index in [0.29, 0.717) is 6.54 Å². The Morgan fingerprint density at radius 3 is 2.67 bits per heavy atom. The Kier molecular flexibility index (Phi) is 5.20. The van der Waals surface area contributed by atoms with Crippen LogP contribution in [0.5, 0.6) is 0 Å². The van der Waals surface area contributed by atoms with Crippen LogP contribution in [0.4, 0.5) is 0 Å². The number of hydrogen-bond acceptors (Lipinski definition) is 3. The molecule has 1 amide bonds. The first kappa shape index (κ1) is 13.1. The molecule has 5 nitrogen and oxygen atoms in total. The molecule has 0 saturated carbocycles. The average Bonchev–Trinajstić information content (AvgIpc) is 2.74. The molecule has 1 aromatic heterocycles. The van der Waals surface area contributed by atoms with Crippen LogP contribution < -0.4 is 5.32 Å². The summed E-state index contributed by atoms with van der Waals surface area (Å²) in [4.78, 5) is 13.9. The van der Waals surface area contributed by atoms with Crippen molar-refractivity contribution in [1.29, 1.82) is 0 Å². The molecule has 1 fully saturated rings. The van der Waals surface area contributed by atoms with Gasteiger partial charge in [-0.3, -0.25) is 9.48 Å². The molecule has 0 bridgehead atoms. The Hall–Kier alpha value is -1.36. The molecule has 0 aromatic carbocycles. The number of amides is 1. The van der Waals surface area contributed by atoms with E-state index >= 15 is 0 Å². The summed E-state index contributed by atoms with van der Waals surface area (Å²) >= 11 is 0. The molecule has 1 saturated heterocycles. The summed E-state index contributed by atoms with van der Waals surface area (Å²) in [5.74, 6) is 0.234. The lowest BCUT2D eigenvalue weighted by molar-refractivity contribution is -0.130. The Morgan fingerprint density at radius 1 is 1.22 bits per heavy atom. The molecular weight excluding hydrogens is 228 g/mol. The van der Waals surface area contributed by atoms with Crippen molar-refractivity contribution in [3.63, 3.8) is 0 Å². The summed E-state index contributed by atoms with van der Waals surface area (Å²) in [6.07, 6.45) is 8.52. The number of nitrogens with one attached hydrogen (secondary N) is 1. The molecule has 1 aliphatic rings. The summed E-state index contributed by atoms with van der Waals surface area (Å²) in [5, 5.41) is 7.31. The molecule has 2 heterocycles. The van der Waals surface area contributed by atoms with Gasteiger partial charge in [0, 0.05) is 32.0 Å². The van der Waals surface area contributed by atoms with Gasteiger partial charge in [0.15, 0.2) is 0 Å².